The van der Waals surface area contributed by atoms with Crippen molar-refractivity contribution in [3.8, 4) is 17.2 Å². The largest absolute Gasteiger partial charge is 0.507 e. The van der Waals surface area contributed by atoms with E-state index in [1.54, 1.807) is 0 Å². The number of phenols is 3. The molecule has 0 heterocycles. The van der Waals surface area contributed by atoms with Crippen LogP contribution in [0.15, 0.2) is 12.1 Å². The van der Waals surface area contributed by atoms with Crippen LogP contribution >= 0.6 is 0 Å². The number of phenolic OH excluding ortho intramolecular Hbond substituents is 3. The van der Waals surface area contributed by atoms with Crippen molar-refractivity contribution in [1.82, 2.24) is 0 Å². The third kappa shape index (κ3) is 3.03. The van der Waals surface area contributed by atoms with E-state index in [9.17, 15) is 24.9 Å². The fourth-order valence-corrected chi connectivity index (χ4v) is 1.26. The highest BCUT2D eigenvalue weighted by Crippen LogP contribution is 2.41. The molecule has 0 atom stereocenters. The van der Waals surface area contributed by atoms with Crippen LogP contribution in [0.4, 0.5) is 0 Å². The fourth-order valence-electron chi connectivity index (χ4n) is 1.26. The molecule has 0 spiro atoms. The summed E-state index contributed by atoms with van der Waals surface area (Å²) in [5.41, 5.74) is -0.402. The lowest BCUT2D eigenvalue weighted by atomic mass is 10.1. The minimum Gasteiger partial charge on any atom is -0.507 e. The predicted octanol–water partition coefficient (Wildman–Crippen LogP) is 0.928. The van der Waals surface area contributed by atoms with E-state index in [1.807, 2.05) is 0 Å². The van der Waals surface area contributed by atoms with Gasteiger partial charge in [-0.2, -0.15) is 0 Å². The number of carbonyl (C=O) groups is 2. The van der Waals surface area contributed by atoms with Crippen molar-refractivity contribution in [2.75, 3.05) is 0 Å². The zero-order chi connectivity index (χ0) is 13.9. The SMILES string of the molecule is CC(=O)OC(OC(C)=O)c1c(O)ccc(O)c1O. The summed E-state index contributed by atoms with van der Waals surface area (Å²) in [6, 6.07) is 2.09. The number of carbonyl (C=O) groups excluding carboxylic acids is 2. The van der Waals surface area contributed by atoms with Crippen molar-refractivity contribution < 1.29 is 34.4 Å². The topological polar surface area (TPSA) is 113 Å². The quantitative estimate of drug-likeness (QED) is 0.319. The Balaban J connectivity index is 3.23. The van der Waals surface area contributed by atoms with Crippen molar-refractivity contribution in [3.63, 3.8) is 0 Å². The van der Waals surface area contributed by atoms with E-state index in [1.165, 1.54) is 0 Å². The molecule has 0 aromatic heterocycles. The van der Waals surface area contributed by atoms with E-state index in [-0.39, 0.29) is 0 Å². The van der Waals surface area contributed by atoms with E-state index in [2.05, 4.69) is 9.47 Å². The highest BCUT2D eigenvalue weighted by molar-refractivity contribution is 5.69. The first-order valence-electron chi connectivity index (χ1n) is 4.91. The van der Waals surface area contributed by atoms with Crippen molar-refractivity contribution in [3.05, 3.63) is 17.7 Å². The fraction of sp³-hybridized carbons (Fsp3) is 0.273. The Bertz CT molecular complexity index is 465. The van der Waals surface area contributed by atoms with Crippen LogP contribution in [-0.2, 0) is 19.1 Å². The summed E-state index contributed by atoms with van der Waals surface area (Å²) in [7, 11) is 0. The van der Waals surface area contributed by atoms with Crippen LogP contribution in [0.1, 0.15) is 25.7 Å². The second-order valence-electron chi connectivity index (χ2n) is 3.42. The molecule has 98 valence electrons. The van der Waals surface area contributed by atoms with Gasteiger partial charge in [-0.25, -0.2) is 0 Å². The van der Waals surface area contributed by atoms with Gasteiger partial charge in [0.25, 0.3) is 6.29 Å². The van der Waals surface area contributed by atoms with Crippen LogP contribution in [0, 0.1) is 0 Å². The lowest BCUT2D eigenvalue weighted by Crippen LogP contribution is -2.15. The van der Waals surface area contributed by atoms with Gasteiger partial charge in [0.05, 0.1) is 0 Å². The van der Waals surface area contributed by atoms with Crippen LogP contribution in [0.3, 0.4) is 0 Å². The maximum absolute atomic E-state index is 10.9. The molecule has 0 amide bonds. The zero-order valence-corrected chi connectivity index (χ0v) is 9.71. The lowest BCUT2D eigenvalue weighted by Gasteiger charge is -2.19. The maximum Gasteiger partial charge on any atom is 0.305 e. The van der Waals surface area contributed by atoms with Crippen LogP contribution < -0.4 is 0 Å². The van der Waals surface area contributed by atoms with Crippen molar-refractivity contribution in [1.29, 1.82) is 0 Å². The molecule has 18 heavy (non-hydrogen) atoms. The van der Waals surface area contributed by atoms with E-state index >= 15 is 0 Å². The molecule has 0 aliphatic heterocycles. The molecule has 0 saturated carbocycles. The summed E-state index contributed by atoms with van der Waals surface area (Å²) >= 11 is 0. The zero-order valence-electron chi connectivity index (χ0n) is 9.71. The summed E-state index contributed by atoms with van der Waals surface area (Å²) in [6.45, 7) is 2.13. The molecule has 1 aromatic carbocycles. The number of hydrogen-bond acceptors (Lipinski definition) is 7. The van der Waals surface area contributed by atoms with E-state index in [0.717, 1.165) is 26.0 Å². The van der Waals surface area contributed by atoms with Gasteiger partial charge in [0.1, 0.15) is 11.3 Å². The van der Waals surface area contributed by atoms with Crippen molar-refractivity contribution >= 4 is 11.9 Å². The van der Waals surface area contributed by atoms with Gasteiger partial charge in [0.15, 0.2) is 11.5 Å². The highest BCUT2D eigenvalue weighted by atomic mass is 16.7. The average molecular weight is 256 g/mol. The van der Waals surface area contributed by atoms with E-state index < -0.39 is 41.0 Å². The van der Waals surface area contributed by atoms with Crippen LogP contribution in [0.5, 0.6) is 17.2 Å². The van der Waals surface area contributed by atoms with Crippen LogP contribution in [0.2, 0.25) is 0 Å². The lowest BCUT2D eigenvalue weighted by molar-refractivity contribution is -0.186. The number of hydrogen-bond donors (Lipinski definition) is 3. The van der Waals surface area contributed by atoms with Gasteiger partial charge in [-0.15, -0.1) is 0 Å². The van der Waals surface area contributed by atoms with Gasteiger partial charge in [-0.1, -0.05) is 0 Å². The van der Waals surface area contributed by atoms with E-state index in [0.29, 0.717) is 0 Å². The predicted molar refractivity (Wildman–Crippen MR) is 57.7 cm³/mol. The second-order valence-corrected chi connectivity index (χ2v) is 3.42. The monoisotopic (exact) mass is 256 g/mol. The molecule has 1 rings (SSSR count). The first kappa shape index (κ1) is 13.6. The van der Waals surface area contributed by atoms with Gasteiger partial charge in [-0.3, -0.25) is 9.59 Å². The second kappa shape index (κ2) is 5.26. The van der Waals surface area contributed by atoms with Gasteiger partial charge >= 0.3 is 11.9 Å². The molecular weight excluding hydrogens is 244 g/mol. The van der Waals surface area contributed by atoms with Gasteiger partial charge < -0.3 is 24.8 Å². The van der Waals surface area contributed by atoms with Gasteiger partial charge in [0, 0.05) is 13.8 Å². The summed E-state index contributed by atoms with van der Waals surface area (Å²) in [4.78, 5) is 21.8. The molecule has 7 heteroatoms. The summed E-state index contributed by atoms with van der Waals surface area (Å²) < 4.78 is 9.30. The highest BCUT2D eigenvalue weighted by Gasteiger charge is 2.27. The van der Waals surface area contributed by atoms with Crippen molar-refractivity contribution in [2.45, 2.75) is 20.1 Å². The standard InChI is InChI=1S/C11H12O7/c1-5(12)17-11(18-6(2)13)9-7(14)3-4-8(15)10(9)16/h3-4,11,14-16H,1-2H3. The van der Waals surface area contributed by atoms with Crippen LogP contribution in [0.25, 0.3) is 0 Å². The van der Waals surface area contributed by atoms with Gasteiger partial charge in [0.2, 0.25) is 0 Å². The number of benzene rings is 1. The Morgan fingerprint density at radius 2 is 1.44 bits per heavy atom. The van der Waals surface area contributed by atoms with Crippen molar-refractivity contribution in [2.24, 2.45) is 0 Å². The first-order valence-corrected chi connectivity index (χ1v) is 4.91. The normalized spacial score (nSPS) is 10.2. The minimum atomic E-state index is -1.63. The van der Waals surface area contributed by atoms with Crippen LogP contribution in [-0.4, -0.2) is 27.3 Å². The molecule has 7 nitrogen and oxygen atoms in total. The average Bonchev–Trinajstić information content (AvgIpc) is 2.22. The Hall–Kier alpha value is -2.44. The molecular formula is C11H12O7. The molecule has 0 unspecified atom stereocenters. The number of aromatic hydroxyl groups is 3. The number of esters is 2. The molecule has 0 bridgehead atoms. The molecule has 0 radical (unpaired) electrons. The Labute approximate surface area is 102 Å². The molecule has 0 aliphatic carbocycles. The van der Waals surface area contributed by atoms with E-state index in [4.69, 9.17) is 0 Å². The third-order valence-electron chi connectivity index (χ3n) is 1.95. The molecule has 0 fully saturated rings. The molecule has 3 N–H and O–H groups in total. The maximum atomic E-state index is 10.9. The summed E-state index contributed by atoms with van der Waals surface area (Å²) in [5, 5.41) is 28.4. The third-order valence-corrected chi connectivity index (χ3v) is 1.95. The summed E-state index contributed by atoms with van der Waals surface area (Å²) in [5.74, 6) is -3.35. The number of rotatable bonds is 3. The number of ether oxygens (including phenoxy) is 2. The minimum absolute atomic E-state index is 0.402. The first-order chi connectivity index (χ1) is 8.32. The smallest absolute Gasteiger partial charge is 0.305 e. The summed E-state index contributed by atoms with van der Waals surface area (Å²) in [6.07, 6.45) is -1.63. The molecule has 1 aromatic rings. The Kier molecular flexibility index (Phi) is 3.98. The molecule has 0 saturated heterocycles. The Morgan fingerprint density at radius 1 is 1.00 bits per heavy atom. The Morgan fingerprint density at radius 3 is 1.89 bits per heavy atom. The molecule has 0 aliphatic rings. The van der Waals surface area contributed by atoms with Gasteiger partial charge in [-0.05, 0) is 12.1 Å².